The number of carboxylic acids is 1. The van der Waals surface area contributed by atoms with Gasteiger partial charge in [0.25, 0.3) is 11.9 Å². The van der Waals surface area contributed by atoms with Gasteiger partial charge in [0.2, 0.25) is 0 Å². The number of hydrogen-bond acceptors (Lipinski definition) is 4. The van der Waals surface area contributed by atoms with Gasteiger partial charge in [-0.3, -0.25) is 9.59 Å². The summed E-state index contributed by atoms with van der Waals surface area (Å²) in [7, 11) is 0. The molecule has 1 aliphatic rings. The van der Waals surface area contributed by atoms with E-state index in [-0.39, 0.29) is 24.2 Å². The van der Waals surface area contributed by atoms with E-state index < -0.39 is 11.4 Å². The third kappa shape index (κ3) is 3.06. The molecule has 0 spiro atoms. The Morgan fingerprint density at radius 2 is 1.96 bits per heavy atom. The van der Waals surface area contributed by atoms with Gasteiger partial charge in [0, 0.05) is 19.2 Å². The molecule has 1 aromatic carbocycles. The normalized spacial score (nSPS) is 20.5. The average Bonchev–Trinajstić information content (AvgIpc) is 3.15. The molecular weight excluding hydrogens is 298 g/mol. The molecule has 1 N–H and O–H groups in total. The first-order chi connectivity index (χ1) is 11.0. The number of rotatable bonds is 4. The molecular formula is C17H17NO5. The Kier molecular flexibility index (Phi) is 3.82. The first-order valence-corrected chi connectivity index (χ1v) is 7.33. The summed E-state index contributed by atoms with van der Waals surface area (Å²) in [5.41, 5.74) is -0.897. The maximum absolute atomic E-state index is 12.4. The molecule has 1 aromatic heterocycles. The van der Waals surface area contributed by atoms with Crippen LogP contribution in [-0.2, 0) is 4.79 Å². The number of benzene rings is 1. The van der Waals surface area contributed by atoms with Crippen LogP contribution < -0.4 is 4.74 Å². The van der Waals surface area contributed by atoms with Crippen LogP contribution in [-0.4, -0.2) is 35.0 Å². The van der Waals surface area contributed by atoms with Crippen LogP contribution in [0.5, 0.6) is 11.7 Å². The van der Waals surface area contributed by atoms with E-state index in [9.17, 15) is 14.7 Å². The average molecular weight is 315 g/mol. The number of carbonyl (C=O) groups is 2. The molecule has 0 bridgehead atoms. The van der Waals surface area contributed by atoms with Gasteiger partial charge in [-0.25, -0.2) is 0 Å². The summed E-state index contributed by atoms with van der Waals surface area (Å²) in [6.45, 7) is 2.22. The first kappa shape index (κ1) is 15.1. The quantitative estimate of drug-likeness (QED) is 0.938. The van der Waals surface area contributed by atoms with Gasteiger partial charge in [0.15, 0.2) is 5.76 Å². The number of amides is 1. The number of para-hydroxylation sites is 1. The van der Waals surface area contributed by atoms with Crippen LogP contribution in [0.3, 0.4) is 0 Å². The number of aliphatic carboxylic acids is 1. The second-order valence-corrected chi connectivity index (χ2v) is 5.88. The Balaban J connectivity index is 1.69. The Labute approximate surface area is 133 Å². The Morgan fingerprint density at radius 3 is 2.61 bits per heavy atom. The van der Waals surface area contributed by atoms with E-state index in [0.717, 1.165) is 0 Å². The number of hydrogen-bond donors (Lipinski definition) is 1. The molecule has 23 heavy (non-hydrogen) atoms. The Morgan fingerprint density at radius 1 is 1.22 bits per heavy atom. The lowest BCUT2D eigenvalue weighted by Gasteiger charge is -2.19. The molecule has 1 fully saturated rings. The minimum atomic E-state index is -0.897. The summed E-state index contributed by atoms with van der Waals surface area (Å²) in [6, 6.07) is 12.2. The van der Waals surface area contributed by atoms with Gasteiger partial charge in [0.1, 0.15) is 5.75 Å². The van der Waals surface area contributed by atoms with Crippen molar-refractivity contribution < 1.29 is 23.8 Å². The van der Waals surface area contributed by atoms with Gasteiger partial charge < -0.3 is 19.2 Å². The highest BCUT2D eigenvalue weighted by Gasteiger charge is 2.42. The van der Waals surface area contributed by atoms with Crippen molar-refractivity contribution in [2.24, 2.45) is 5.41 Å². The van der Waals surface area contributed by atoms with Crippen LogP contribution in [0.15, 0.2) is 46.9 Å². The van der Waals surface area contributed by atoms with Gasteiger partial charge in [-0.15, -0.1) is 0 Å². The van der Waals surface area contributed by atoms with Crippen LogP contribution in [0, 0.1) is 5.41 Å². The van der Waals surface area contributed by atoms with E-state index in [0.29, 0.717) is 18.7 Å². The lowest BCUT2D eigenvalue weighted by atomic mass is 9.90. The highest BCUT2D eigenvalue weighted by Crippen LogP contribution is 2.32. The fourth-order valence-electron chi connectivity index (χ4n) is 2.56. The predicted octanol–water partition coefficient (Wildman–Crippen LogP) is 3.01. The van der Waals surface area contributed by atoms with Crippen LogP contribution in [0.2, 0.25) is 0 Å². The number of ether oxygens (including phenoxy) is 1. The topological polar surface area (TPSA) is 80.0 Å². The molecule has 0 radical (unpaired) electrons. The minimum Gasteiger partial charge on any atom is -0.481 e. The van der Waals surface area contributed by atoms with Crippen molar-refractivity contribution in [3.63, 3.8) is 0 Å². The third-order valence-electron chi connectivity index (χ3n) is 4.03. The third-order valence-corrected chi connectivity index (χ3v) is 4.03. The lowest BCUT2D eigenvalue weighted by molar-refractivity contribution is -0.147. The molecule has 3 rings (SSSR count). The number of furan rings is 1. The fourth-order valence-corrected chi connectivity index (χ4v) is 2.56. The van der Waals surface area contributed by atoms with Crippen molar-refractivity contribution in [2.45, 2.75) is 13.3 Å². The monoisotopic (exact) mass is 315 g/mol. The number of likely N-dealkylation sites (tertiary alicyclic amines) is 1. The maximum Gasteiger partial charge on any atom is 0.311 e. The predicted molar refractivity (Wildman–Crippen MR) is 81.5 cm³/mol. The van der Waals surface area contributed by atoms with Gasteiger partial charge in [-0.2, -0.15) is 0 Å². The van der Waals surface area contributed by atoms with Crippen molar-refractivity contribution in [1.82, 2.24) is 4.90 Å². The second kappa shape index (κ2) is 5.79. The maximum atomic E-state index is 12.4. The van der Waals surface area contributed by atoms with Crippen molar-refractivity contribution >= 4 is 11.9 Å². The molecule has 0 aliphatic carbocycles. The standard InChI is InChI=1S/C17H17NO5/c1-17(16(20)21)9-10-18(11-17)15(19)13-7-8-14(23-13)22-12-5-3-2-4-6-12/h2-8H,9-11H2,1H3,(H,20,21)/t17-/m0/s1. The number of carboxylic acid groups (broad SMARTS) is 1. The van der Waals surface area contributed by atoms with Crippen molar-refractivity contribution in [3.8, 4) is 11.7 Å². The molecule has 1 saturated heterocycles. The van der Waals surface area contributed by atoms with E-state index in [4.69, 9.17) is 9.15 Å². The van der Waals surface area contributed by atoms with E-state index in [1.54, 1.807) is 25.1 Å². The summed E-state index contributed by atoms with van der Waals surface area (Å²) in [5.74, 6) is -0.232. The largest absolute Gasteiger partial charge is 0.481 e. The van der Waals surface area contributed by atoms with Gasteiger partial charge in [-0.1, -0.05) is 18.2 Å². The van der Waals surface area contributed by atoms with E-state index in [1.165, 1.54) is 11.0 Å². The van der Waals surface area contributed by atoms with Crippen LogP contribution in [0.4, 0.5) is 0 Å². The van der Waals surface area contributed by atoms with Gasteiger partial charge in [0.05, 0.1) is 5.41 Å². The molecule has 6 nitrogen and oxygen atoms in total. The summed E-state index contributed by atoms with van der Waals surface area (Å²) >= 11 is 0. The SMILES string of the molecule is C[C@]1(C(=O)O)CCN(C(=O)c2ccc(Oc3ccccc3)o2)C1. The second-order valence-electron chi connectivity index (χ2n) is 5.88. The Hall–Kier alpha value is -2.76. The summed E-state index contributed by atoms with van der Waals surface area (Å²) in [4.78, 5) is 25.2. The van der Waals surface area contributed by atoms with Gasteiger partial charge in [-0.05, 0) is 31.5 Å². The zero-order valence-electron chi connectivity index (χ0n) is 12.7. The van der Waals surface area contributed by atoms with E-state index in [2.05, 4.69) is 0 Å². The van der Waals surface area contributed by atoms with Crippen molar-refractivity contribution in [3.05, 3.63) is 48.2 Å². The molecule has 2 heterocycles. The minimum absolute atomic E-state index is 0.144. The molecule has 6 heteroatoms. The highest BCUT2D eigenvalue weighted by molar-refractivity contribution is 5.92. The molecule has 1 atom stereocenters. The zero-order valence-corrected chi connectivity index (χ0v) is 12.7. The van der Waals surface area contributed by atoms with E-state index in [1.807, 2.05) is 18.2 Å². The number of carbonyl (C=O) groups excluding carboxylic acids is 1. The molecule has 120 valence electrons. The van der Waals surface area contributed by atoms with E-state index >= 15 is 0 Å². The molecule has 0 saturated carbocycles. The smallest absolute Gasteiger partial charge is 0.311 e. The molecule has 1 aliphatic heterocycles. The Bertz CT molecular complexity index is 724. The van der Waals surface area contributed by atoms with Crippen LogP contribution >= 0.6 is 0 Å². The molecule has 2 aromatic rings. The zero-order chi connectivity index (χ0) is 16.4. The summed E-state index contributed by atoms with van der Waals surface area (Å²) < 4.78 is 10.9. The molecule has 1 amide bonds. The van der Waals surface area contributed by atoms with Gasteiger partial charge >= 0.3 is 5.97 Å². The van der Waals surface area contributed by atoms with Crippen molar-refractivity contribution in [2.75, 3.05) is 13.1 Å². The summed E-state index contributed by atoms with van der Waals surface area (Å²) in [5, 5.41) is 9.23. The van der Waals surface area contributed by atoms with Crippen LogP contribution in [0.1, 0.15) is 23.9 Å². The van der Waals surface area contributed by atoms with Crippen LogP contribution in [0.25, 0.3) is 0 Å². The number of nitrogens with zero attached hydrogens (tertiary/aromatic N) is 1. The fraction of sp³-hybridized carbons (Fsp3) is 0.294. The van der Waals surface area contributed by atoms with Crippen molar-refractivity contribution in [1.29, 1.82) is 0 Å². The highest BCUT2D eigenvalue weighted by atomic mass is 16.6. The first-order valence-electron chi connectivity index (χ1n) is 7.33. The molecule has 0 unspecified atom stereocenters. The lowest BCUT2D eigenvalue weighted by Crippen LogP contribution is -2.34. The summed E-state index contributed by atoms with van der Waals surface area (Å²) in [6.07, 6.45) is 0.433.